The van der Waals surface area contributed by atoms with Gasteiger partial charge in [0, 0.05) is 18.0 Å². The molecule has 0 radical (unpaired) electrons. The maximum Gasteiger partial charge on any atom is 0.241 e. The zero-order valence-electron chi connectivity index (χ0n) is 12.8. The molecule has 21 heavy (non-hydrogen) atoms. The number of likely N-dealkylation sites (tertiary alicyclic amines) is 1. The fourth-order valence-electron chi connectivity index (χ4n) is 3.35. The highest BCUT2D eigenvalue weighted by Crippen LogP contribution is 2.29. The molecular formula is C16H25N3OS. The minimum Gasteiger partial charge on any atom is -0.319 e. The Balaban J connectivity index is 1.68. The first-order valence-electron chi connectivity index (χ1n) is 8.12. The predicted octanol–water partition coefficient (Wildman–Crippen LogP) is 2.44. The van der Waals surface area contributed by atoms with Gasteiger partial charge in [-0.1, -0.05) is 19.4 Å². The van der Waals surface area contributed by atoms with Gasteiger partial charge in [0.2, 0.25) is 5.91 Å². The van der Waals surface area contributed by atoms with Gasteiger partial charge in [-0.2, -0.15) is 0 Å². The number of hydrogen-bond donors (Lipinski definition) is 1. The number of hydrogen-bond acceptors (Lipinski definition) is 4. The van der Waals surface area contributed by atoms with E-state index >= 15 is 0 Å². The molecule has 0 spiro atoms. The number of thiophene rings is 1. The minimum atomic E-state index is 0.000628. The van der Waals surface area contributed by atoms with Gasteiger partial charge >= 0.3 is 0 Å². The summed E-state index contributed by atoms with van der Waals surface area (Å²) in [6.45, 7) is 6.37. The van der Waals surface area contributed by atoms with Crippen LogP contribution in [0, 0.1) is 0 Å². The van der Waals surface area contributed by atoms with Crippen molar-refractivity contribution in [3.63, 3.8) is 0 Å². The van der Waals surface area contributed by atoms with Crippen molar-refractivity contribution in [3.8, 4) is 0 Å². The molecule has 3 rings (SSSR count). The molecule has 0 aliphatic carbocycles. The number of amides is 1. The van der Waals surface area contributed by atoms with E-state index in [1.165, 1.54) is 30.8 Å². The van der Waals surface area contributed by atoms with Crippen LogP contribution >= 0.6 is 11.3 Å². The normalized spacial score (nSPS) is 26.9. The Morgan fingerprint density at radius 3 is 2.81 bits per heavy atom. The lowest BCUT2D eigenvalue weighted by atomic mass is 10.2. The Kier molecular flexibility index (Phi) is 4.93. The first-order valence-corrected chi connectivity index (χ1v) is 9.00. The maximum atomic E-state index is 12.7. The van der Waals surface area contributed by atoms with Crippen molar-refractivity contribution in [1.82, 2.24) is 15.1 Å². The predicted molar refractivity (Wildman–Crippen MR) is 86.3 cm³/mol. The molecule has 0 saturated carbocycles. The number of nitrogens with one attached hydrogen (secondary N) is 1. The Hall–Kier alpha value is -0.910. The lowest BCUT2D eigenvalue weighted by Gasteiger charge is -2.26. The van der Waals surface area contributed by atoms with Crippen molar-refractivity contribution in [2.75, 3.05) is 26.2 Å². The molecule has 116 valence electrons. The van der Waals surface area contributed by atoms with E-state index in [2.05, 4.69) is 39.6 Å². The Morgan fingerprint density at radius 1 is 1.33 bits per heavy atom. The molecule has 0 bridgehead atoms. The molecule has 2 aliphatic rings. The highest BCUT2D eigenvalue weighted by atomic mass is 32.1. The molecule has 5 heteroatoms. The van der Waals surface area contributed by atoms with E-state index in [0.717, 1.165) is 25.9 Å². The monoisotopic (exact) mass is 307 g/mol. The SMILES string of the molecule is CCCC1NC(c2cccs2)N(CCN2CCCC2)C1=O. The fraction of sp³-hybridized carbons (Fsp3) is 0.688. The zero-order chi connectivity index (χ0) is 14.7. The molecule has 1 amide bonds. The molecule has 0 aromatic carbocycles. The van der Waals surface area contributed by atoms with Gasteiger partial charge in [0.1, 0.15) is 6.17 Å². The quantitative estimate of drug-likeness (QED) is 0.877. The molecule has 1 aromatic heterocycles. The summed E-state index contributed by atoms with van der Waals surface area (Å²) in [6, 6.07) is 4.20. The van der Waals surface area contributed by atoms with Gasteiger partial charge in [-0.15, -0.1) is 11.3 Å². The van der Waals surface area contributed by atoms with Crippen molar-refractivity contribution in [2.24, 2.45) is 0 Å². The molecule has 2 fully saturated rings. The van der Waals surface area contributed by atoms with Gasteiger partial charge < -0.3 is 9.80 Å². The third-order valence-corrected chi connectivity index (χ3v) is 5.42. The molecule has 2 aliphatic heterocycles. The standard InChI is InChI=1S/C16H25N3OS/c1-2-6-13-16(20)19(11-10-18-8-3-4-9-18)15(17-13)14-7-5-12-21-14/h5,7,12-13,15,17H,2-4,6,8-11H2,1H3. The third-order valence-electron chi connectivity index (χ3n) is 4.50. The number of nitrogens with zero attached hydrogens (tertiary/aromatic N) is 2. The van der Waals surface area contributed by atoms with Crippen molar-refractivity contribution in [3.05, 3.63) is 22.4 Å². The summed E-state index contributed by atoms with van der Waals surface area (Å²) in [4.78, 5) is 18.4. The van der Waals surface area contributed by atoms with Gasteiger partial charge in [-0.3, -0.25) is 10.1 Å². The van der Waals surface area contributed by atoms with Crippen LogP contribution < -0.4 is 5.32 Å². The summed E-state index contributed by atoms with van der Waals surface area (Å²) in [6.07, 6.45) is 4.66. The first kappa shape index (κ1) is 15.0. The molecule has 2 unspecified atom stereocenters. The fourth-order valence-corrected chi connectivity index (χ4v) is 4.15. The number of carbonyl (C=O) groups is 1. The van der Waals surface area contributed by atoms with Gasteiger partial charge in [-0.25, -0.2) is 0 Å². The average molecular weight is 307 g/mol. The van der Waals surface area contributed by atoms with Crippen molar-refractivity contribution in [2.45, 2.75) is 44.8 Å². The van der Waals surface area contributed by atoms with Crippen LogP contribution in [0.4, 0.5) is 0 Å². The van der Waals surface area contributed by atoms with E-state index in [0.29, 0.717) is 0 Å². The Bertz CT molecular complexity index is 456. The van der Waals surface area contributed by atoms with E-state index in [9.17, 15) is 4.79 Å². The Labute approximate surface area is 131 Å². The molecule has 3 heterocycles. The van der Waals surface area contributed by atoms with E-state index in [-0.39, 0.29) is 18.1 Å². The first-order chi connectivity index (χ1) is 10.3. The molecular weight excluding hydrogens is 282 g/mol. The summed E-state index contributed by atoms with van der Waals surface area (Å²) in [5.41, 5.74) is 0. The van der Waals surface area contributed by atoms with E-state index in [1.807, 2.05) is 0 Å². The smallest absolute Gasteiger partial charge is 0.241 e. The summed E-state index contributed by atoms with van der Waals surface area (Å²) < 4.78 is 0. The van der Waals surface area contributed by atoms with Crippen LogP contribution in [0.25, 0.3) is 0 Å². The summed E-state index contributed by atoms with van der Waals surface area (Å²) in [5.74, 6) is 0.287. The minimum absolute atomic E-state index is 0.000628. The van der Waals surface area contributed by atoms with E-state index < -0.39 is 0 Å². The van der Waals surface area contributed by atoms with Crippen LogP contribution in [-0.2, 0) is 4.79 Å². The van der Waals surface area contributed by atoms with Crippen LogP contribution in [0.3, 0.4) is 0 Å². The van der Waals surface area contributed by atoms with Crippen molar-refractivity contribution in [1.29, 1.82) is 0 Å². The van der Waals surface area contributed by atoms with Crippen molar-refractivity contribution >= 4 is 17.2 Å². The van der Waals surface area contributed by atoms with Gasteiger partial charge in [0.25, 0.3) is 0 Å². The van der Waals surface area contributed by atoms with E-state index in [1.54, 1.807) is 11.3 Å². The number of rotatable bonds is 6. The van der Waals surface area contributed by atoms with Crippen LogP contribution in [0.2, 0.25) is 0 Å². The van der Waals surface area contributed by atoms with Crippen molar-refractivity contribution < 1.29 is 4.79 Å². The van der Waals surface area contributed by atoms with Gasteiger partial charge in [0.05, 0.1) is 6.04 Å². The molecule has 2 atom stereocenters. The Morgan fingerprint density at radius 2 is 2.14 bits per heavy atom. The third kappa shape index (κ3) is 3.30. The highest BCUT2D eigenvalue weighted by molar-refractivity contribution is 7.10. The summed E-state index contributed by atoms with van der Waals surface area (Å²) in [7, 11) is 0. The zero-order valence-corrected chi connectivity index (χ0v) is 13.6. The molecule has 1 N–H and O–H groups in total. The van der Waals surface area contributed by atoms with Gasteiger partial charge in [-0.05, 0) is 43.8 Å². The largest absolute Gasteiger partial charge is 0.319 e. The molecule has 1 aromatic rings. The van der Waals surface area contributed by atoms with Gasteiger partial charge in [0.15, 0.2) is 0 Å². The second-order valence-corrected chi connectivity index (χ2v) is 6.99. The highest BCUT2D eigenvalue weighted by Gasteiger charge is 2.39. The second-order valence-electron chi connectivity index (χ2n) is 6.01. The summed E-state index contributed by atoms with van der Waals surface area (Å²) >= 11 is 1.73. The van der Waals surface area contributed by atoms with Crippen LogP contribution in [0.1, 0.15) is 43.6 Å². The average Bonchev–Trinajstić information content (AvgIpc) is 3.20. The summed E-state index contributed by atoms with van der Waals surface area (Å²) in [5, 5.41) is 5.63. The topological polar surface area (TPSA) is 35.6 Å². The lowest BCUT2D eigenvalue weighted by molar-refractivity contribution is -0.130. The van der Waals surface area contributed by atoms with Crippen LogP contribution in [0.5, 0.6) is 0 Å². The lowest BCUT2D eigenvalue weighted by Crippen LogP contribution is -2.37. The molecule has 4 nitrogen and oxygen atoms in total. The second kappa shape index (κ2) is 6.90. The number of carbonyl (C=O) groups excluding carboxylic acids is 1. The van der Waals surface area contributed by atoms with Crippen LogP contribution in [-0.4, -0.2) is 47.9 Å². The maximum absolute atomic E-state index is 12.7. The van der Waals surface area contributed by atoms with Crippen LogP contribution in [0.15, 0.2) is 17.5 Å². The molecule has 2 saturated heterocycles. The van der Waals surface area contributed by atoms with E-state index in [4.69, 9.17) is 0 Å².